The van der Waals surface area contributed by atoms with Gasteiger partial charge in [-0.1, -0.05) is 44.4 Å². The van der Waals surface area contributed by atoms with Gasteiger partial charge in [-0.15, -0.1) is 0 Å². The van der Waals surface area contributed by atoms with Crippen molar-refractivity contribution in [1.82, 2.24) is 0 Å². The van der Waals surface area contributed by atoms with Crippen molar-refractivity contribution in [1.29, 1.82) is 0 Å². The maximum Gasteiger partial charge on any atom is 0.0467 e. The summed E-state index contributed by atoms with van der Waals surface area (Å²) in [6, 6.07) is 4.12. The molecule has 0 aliphatic rings. The molecule has 0 radical (unpaired) electrons. The molecule has 0 atom stereocenters. The molecule has 1 rings (SSSR count). The summed E-state index contributed by atoms with van der Waals surface area (Å²) in [5, 5.41) is 0. The van der Waals surface area contributed by atoms with Crippen molar-refractivity contribution in [2.24, 2.45) is 0 Å². The molecule has 1 aromatic rings. The molecular weight excluding hydrogens is 400 g/mol. The second kappa shape index (κ2) is 6.05. The van der Waals surface area contributed by atoms with Crippen molar-refractivity contribution in [3.05, 3.63) is 25.6 Å². The number of hydrogen-bond acceptors (Lipinski definition) is 2. The lowest BCUT2D eigenvalue weighted by Crippen LogP contribution is -1.77. The van der Waals surface area contributed by atoms with Crippen LogP contribution in [0.25, 0.3) is 0 Å². The molecule has 5 heteroatoms. The third-order valence-corrected chi connectivity index (χ3v) is 5.98. The second-order valence-corrected chi connectivity index (χ2v) is 7.41. The predicted octanol–water partition coefficient (Wildman–Crippen LogP) is 5.73. The quantitative estimate of drug-likeness (QED) is 0.587. The predicted molar refractivity (Wildman–Crippen MR) is 73.5 cm³/mol. The SMILES string of the molecule is CCSSc1c(Br)cc(Br)cc1Br. The maximum atomic E-state index is 3.53. The van der Waals surface area contributed by atoms with Crippen molar-refractivity contribution >= 4 is 69.4 Å². The van der Waals surface area contributed by atoms with Crippen LogP contribution < -0.4 is 0 Å². The molecule has 0 unspecified atom stereocenters. The molecule has 0 fully saturated rings. The van der Waals surface area contributed by atoms with E-state index in [-0.39, 0.29) is 0 Å². The molecule has 0 saturated carbocycles. The Bertz CT molecular complexity index is 278. The maximum absolute atomic E-state index is 3.53. The number of benzene rings is 1. The van der Waals surface area contributed by atoms with Crippen molar-refractivity contribution < 1.29 is 0 Å². The van der Waals surface area contributed by atoms with Crippen LogP contribution in [0.2, 0.25) is 0 Å². The van der Waals surface area contributed by atoms with Gasteiger partial charge in [-0.25, -0.2) is 0 Å². The van der Waals surface area contributed by atoms with E-state index in [0.29, 0.717) is 0 Å². The molecule has 0 N–H and O–H groups in total. The van der Waals surface area contributed by atoms with Crippen LogP contribution in [-0.2, 0) is 0 Å². The van der Waals surface area contributed by atoms with Crippen molar-refractivity contribution in [2.45, 2.75) is 11.8 Å². The zero-order valence-corrected chi connectivity index (χ0v) is 13.2. The minimum atomic E-state index is 1.08. The fraction of sp³-hybridized carbons (Fsp3) is 0.250. The number of rotatable bonds is 3. The molecule has 1 aromatic carbocycles. The molecule has 0 spiro atoms. The van der Waals surface area contributed by atoms with Crippen LogP contribution >= 0.6 is 69.4 Å². The Hall–Kier alpha value is 1.36. The van der Waals surface area contributed by atoms with Gasteiger partial charge in [0.05, 0.1) is 0 Å². The van der Waals surface area contributed by atoms with Crippen LogP contribution in [0, 0.1) is 0 Å². The van der Waals surface area contributed by atoms with E-state index in [9.17, 15) is 0 Å². The lowest BCUT2D eigenvalue weighted by atomic mass is 10.4. The standard InChI is InChI=1S/C8H7Br3S2/c1-2-12-13-8-6(10)3-5(9)4-7(8)11/h3-4H,2H2,1H3. The molecule has 13 heavy (non-hydrogen) atoms. The first-order valence-corrected chi connectivity index (χ1v) is 8.29. The van der Waals surface area contributed by atoms with Crippen LogP contribution in [0.15, 0.2) is 30.4 Å². The Morgan fingerprint density at radius 2 is 1.69 bits per heavy atom. The highest BCUT2D eigenvalue weighted by atomic mass is 79.9. The highest BCUT2D eigenvalue weighted by Gasteiger charge is 2.06. The fourth-order valence-electron chi connectivity index (χ4n) is 0.726. The van der Waals surface area contributed by atoms with Crippen LogP contribution in [0.1, 0.15) is 6.92 Å². The summed E-state index contributed by atoms with van der Waals surface area (Å²) >= 11 is 10.5. The number of hydrogen-bond donors (Lipinski definition) is 0. The van der Waals surface area contributed by atoms with Crippen molar-refractivity contribution in [2.75, 3.05) is 5.75 Å². The summed E-state index contributed by atoms with van der Waals surface area (Å²) in [5.74, 6) is 1.11. The molecule has 72 valence electrons. The first-order valence-electron chi connectivity index (χ1n) is 3.59. The molecule has 0 amide bonds. The largest absolute Gasteiger partial charge is 0.0892 e. The van der Waals surface area contributed by atoms with E-state index in [4.69, 9.17) is 0 Å². The van der Waals surface area contributed by atoms with E-state index in [0.717, 1.165) is 19.2 Å². The van der Waals surface area contributed by atoms with E-state index in [1.54, 1.807) is 10.8 Å². The summed E-state index contributed by atoms with van der Waals surface area (Å²) in [5.41, 5.74) is 0. The van der Waals surface area contributed by atoms with Crippen molar-refractivity contribution in [3.8, 4) is 0 Å². The van der Waals surface area contributed by atoms with Gasteiger partial charge in [-0.05, 0) is 44.0 Å². The van der Waals surface area contributed by atoms with E-state index >= 15 is 0 Å². The average molecular weight is 407 g/mol. The Labute approximate surface area is 111 Å². The van der Waals surface area contributed by atoms with Gasteiger partial charge in [0.2, 0.25) is 0 Å². The van der Waals surface area contributed by atoms with Crippen LogP contribution in [0.3, 0.4) is 0 Å². The van der Waals surface area contributed by atoms with Crippen molar-refractivity contribution in [3.63, 3.8) is 0 Å². The fourth-order valence-corrected chi connectivity index (χ4v) is 5.87. The van der Waals surface area contributed by atoms with Gasteiger partial charge in [0, 0.05) is 24.1 Å². The van der Waals surface area contributed by atoms with Gasteiger partial charge in [0.1, 0.15) is 0 Å². The van der Waals surface area contributed by atoms with Gasteiger partial charge >= 0.3 is 0 Å². The Morgan fingerprint density at radius 3 is 2.15 bits per heavy atom. The Balaban J connectivity index is 2.92. The molecule has 0 saturated heterocycles. The summed E-state index contributed by atoms with van der Waals surface area (Å²) in [7, 11) is 3.62. The lowest BCUT2D eigenvalue weighted by molar-refractivity contribution is 1.35. The van der Waals surface area contributed by atoms with E-state index in [1.165, 1.54) is 4.90 Å². The second-order valence-electron chi connectivity index (χ2n) is 2.19. The average Bonchev–Trinajstić information content (AvgIpc) is 2.02. The van der Waals surface area contributed by atoms with Gasteiger partial charge in [-0.2, -0.15) is 0 Å². The highest BCUT2D eigenvalue weighted by Crippen LogP contribution is 2.42. The summed E-state index contributed by atoms with van der Waals surface area (Å²) in [6.45, 7) is 2.15. The first kappa shape index (κ1) is 12.4. The molecule has 0 bridgehead atoms. The minimum absolute atomic E-state index is 1.08. The van der Waals surface area contributed by atoms with Gasteiger partial charge < -0.3 is 0 Å². The van der Waals surface area contributed by atoms with Crippen LogP contribution in [0.4, 0.5) is 0 Å². The zero-order chi connectivity index (χ0) is 9.84. The Kier molecular flexibility index (Phi) is 5.79. The Morgan fingerprint density at radius 1 is 1.15 bits per heavy atom. The number of halogens is 3. The van der Waals surface area contributed by atoms with E-state index in [1.807, 2.05) is 10.8 Å². The monoisotopic (exact) mass is 404 g/mol. The molecule has 0 aliphatic heterocycles. The normalized spacial score (nSPS) is 10.5. The van der Waals surface area contributed by atoms with Gasteiger partial charge in [-0.3, -0.25) is 0 Å². The topological polar surface area (TPSA) is 0 Å². The minimum Gasteiger partial charge on any atom is -0.0892 e. The van der Waals surface area contributed by atoms with Crippen LogP contribution in [0.5, 0.6) is 0 Å². The molecular formula is C8H7Br3S2. The van der Waals surface area contributed by atoms with E-state index in [2.05, 4.69) is 66.8 Å². The molecule has 0 aromatic heterocycles. The molecule has 0 heterocycles. The summed E-state index contributed by atoms with van der Waals surface area (Å²) in [6.07, 6.45) is 0. The van der Waals surface area contributed by atoms with Crippen LogP contribution in [-0.4, -0.2) is 5.75 Å². The lowest BCUT2D eigenvalue weighted by Gasteiger charge is -2.05. The summed E-state index contributed by atoms with van der Waals surface area (Å²) < 4.78 is 3.33. The van der Waals surface area contributed by atoms with E-state index < -0.39 is 0 Å². The summed E-state index contributed by atoms with van der Waals surface area (Å²) in [4.78, 5) is 1.25. The third kappa shape index (κ3) is 3.78. The molecule has 0 aliphatic carbocycles. The smallest absolute Gasteiger partial charge is 0.0467 e. The third-order valence-electron chi connectivity index (χ3n) is 1.22. The van der Waals surface area contributed by atoms with Gasteiger partial charge in [0.15, 0.2) is 0 Å². The first-order chi connectivity index (χ1) is 6.15. The zero-order valence-electron chi connectivity index (χ0n) is 6.81. The molecule has 0 nitrogen and oxygen atoms in total. The van der Waals surface area contributed by atoms with Gasteiger partial charge in [0.25, 0.3) is 0 Å². The highest BCUT2D eigenvalue weighted by molar-refractivity contribution is 9.11.